The summed E-state index contributed by atoms with van der Waals surface area (Å²) in [6.07, 6.45) is 2.63. The van der Waals surface area contributed by atoms with Crippen molar-refractivity contribution < 1.29 is 5.11 Å². The topological polar surface area (TPSA) is 62.4 Å². The predicted molar refractivity (Wildman–Crippen MR) is 71.0 cm³/mol. The van der Waals surface area contributed by atoms with Crippen molar-refractivity contribution in [2.45, 2.75) is 39.3 Å². The van der Waals surface area contributed by atoms with Crippen LogP contribution < -0.4 is 10.6 Å². The lowest BCUT2D eigenvalue weighted by molar-refractivity contribution is 0.288. The monoisotopic (exact) mass is 237 g/mol. The lowest BCUT2D eigenvalue weighted by Gasteiger charge is -2.28. The summed E-state index contributed by atoms with van der Waals surface area (Å²) in [6, 6.07) is 4.37. The number of nitrogens with two attached hydrogens (primary N) is 1. The quantitative estimate of drug-likeness (QED) is 0.790. The zero-order valence-electron chi connectivity index (χ0n) is 10.9. The van der Waals surface area contributed by atoms with Crippen molar-refractivity contribution in [3.63, 3.8) is 0 Å². The van der Waals surface area contributed by atoms with Crippen molar-refractivity contribution in [1.82, 2.24) is 4.98 Å². The summed E-state index contributed by atoms with van der Waals surface area (Å²) >= 11 is 0. The van der Waals surface area contributed by atoms with Gasteiger partial charge in [0.2, 0.25) is 0 Å². The van der Waals surface area contributed by atoms with Crippen molar-refractivity contribution in [2.75, 3.05) is 18.1 Å². The van der Waals surface area contributed by atoms with Crippen LogP contribution in [0.2, 0.25) is 0 Å². The molecule has 1 atom stereocenters. The average Bonchev–Trinajstić information content (AvgIpc) is 2.29. The summed E-state index contributed by atoms with van der Waals surface area (Å²) in [7, 11) is 0. The largest absolute Gasteiger partial charge is 0.396 e. The van der Waals surface area contributed by atoms with E-state index in [0.717, 1.165) is 24.3 Å². The minimum Gasteiger partial charge on any atom is -0.396 e. The Morgan fingerprint density at radius 3 is 2.47 bits per heavy atom. The number of hydrogen-bond acceptors (Lipinski definition) is 4. The van der Waals surface area contributed by atoms with Gasteiger partial charge in [-0.05, 0) is 39.3 Å². The molecular weight excluding hydrogens is 214 g/mol. The van der Waals surface area contributed by atoms with Gasteiger partial charge in [-0.3, -0.25) is 4.98 Å². The first-order chi connectivity index (χ1) is 8.06. The van der Waals surface area contributed by atoms with Crippen molar-refractivity contribution >= 4 is 5.69 Å². The molecule has 17 heavy (non-hydrogen) atoms. The highest BCUT2D eigenvalue weighted by atomic mass is 16.3. The van der Waals surface area contributed by atoms with Crippen LogP contribution in [-0.2, 0) is 0 Å². The highest BCUT2D eigenvalue weighted by Gasteiger charge is 2.11. The molecule has 0 saturated carbocycles. The van der Waals surface area contributed by atoms with Gasteiger partial charge < -0.3 is 15.7 Å². The van der Waals surface area contributed by atoms with Crippen molar-refractivity contribution in [2.24, 2.45) is 5.73 Å². The van der Waals surface area contributed by atoms with Gasteiger partial charge in [0.1, 0.15) is 0 Å². The molecule has 0 bridgehead atoms. The van der Waals surface area contributed by atoms with Gasteiger partial charge in [0.05, 0.1) is 17.6 Å². The Kier molecular flexibility index (Phi) is 5.38. The molecule has 4 heteroatoms. The van der Waals surface area contributed by atoms with Gasteiger partial charge in [-0.15, -0.1) is 0 Å². The summed E-state index contributed by atoms with van der Waals surface area (Å²) < 4.78 is 0. The molecule has 4 nitrogen and oxygen atoms in total. The summed E-state index contributed by atoms with van der Waals surface area (Å²) in [5.41, 5.74) is 7.75. The van der Waals surface area contributed by atoms with E-state index in [1.54, 1.807) is 0 Å². The van der Waals surface area contributed by atoms with Crippen LogP contribution in [0, 0.1) is 0 Å². The van der Waals surface area contributed by atoms with Crippen LogP contribution in [0.15, 0.2) is 18.3 Å². The van der Waals surface area contributed by atoms with Crippen LogP contribution in [0.4, 0.5) is 5.69 Å². The van der Waals surface area contributed by atoms with E-state index in [9.17, 15) is 0 Å². The molecule has 1 aromatic rings. The van der Waals surface area contributed by atoms with Crippen LogP contribution >= 0.6 is 0 Å². The van der Waals surface area contributed by atoms with Gasteiger partial charge in [0, 0.05) is 25.2 Å². The van der Waals surface area contributed by atoms with Crippen LogP contribution in [0.1, 0.15) is 38.9 Å². The van der Waals surface area contributed by atoms with Crippen LogP contribution in [0.25, 0.3) is 0 Å². The fourth-order valence-corrected chi connectivity index (χ4v) is 1.76. The predicted octanol–water partition coefficient (Wildman–Crippen LogP) is 1.70. The zero-order chi connectivity index (χ0) is 12.8. The Balaban J connectivity index is 2.80. The number of aliphatic hydroxyl groups is 1. The molecule has 0 radical (unpaired) electrons. The Hall–Kier alpha value is -1.13. The molecule has 96 valence electrons. The van der Waals surface area contributed by atoms with E-state index in [1.165, 1.54) is 0 Å². The maximum Gasteiger partial charge on any atom is 0.0569 e. The smallest absolute Gasteiger partial charge is 0.0569 e. The fraction of sp³-hybridized carbons (Fsp3) is 0.615. The van der Waals surface area contributed by atoms with E-state index in [4.69, 9.17) is 10.8 Å². The molecule has 1 rings (SSSR count). The van der Waals surface area contributed by atoms with Gasteiger partial charge in [0.15, 0.2) is 0 Å². The van der Waals surface area contributed by atoms with Gasteiger partial charge >= 0.3 is 0 Å². The van der Waals surface area contributed by atoms with Crippen LogP contribution in [0.3, 0.4) is 0 Å². The zero-order valence-corrected chi connectivity index (χ0v) is 10.9. The summed E-state index contributed by atoms with van der Waals surface area (Å²) in [4.78, 5) is 6.59. The summed E-state index contributed by atoms with van der Waals surface area (Å²) in [5, 5.41) is 8.90. The summed E-state index contributed by atoms with van der Waals surface area (Å²) in [5.74, 6) is 0. The molecule has 0 saturated heterocycles. The number of aromatic nitrogens is 1. The normalized spacial score (nSPS) is 12.8. The molecule has 0 aliphatic rings. The Morgan fingerprint density at radius 1 is 1.35 bits per heavy atom. The molecule has 0 unspecified atom stereocenters. The Bertz CT molecular complexity index is 322. The Morgan fingerprint density at radius 2 is 2.06 bits per heavy atom. The average molecular weight is 237 g/mol. The summed E-state index contributed by atoms with van der Waals surface area (Å²) in [6.45, 7) is 7.25. The lowest BCUT2D eigenvalue weighted by atomic mass is 10.2. The number of pyridine rings is 1. The van der Waals surface area contributed by atoms with E-state index >= 15 is 0 Å². The van der Waals surface area contributed by atoms with Gasteiger partial charge in [0.25, 0.3) is 0 Å². The number of rotatable bonds is 6. The highest BCUT2D eigenvalue weighted by molar-refractivity contribution is 5.45. The first-order valence-corrected chi connectivity index (χ1v) is 6.15. The standard InChI is InChI=1S/C13H23N3O/c1-10(2)16(7-4-8-17)12-5-6-13(11(3)14)15-9-12/h5-6,9-11,17H,4,7-8,14H2,1-3H3/t11-/m1/s1. The van der Waals surface area contributed by atoms with Crippen LogP contribution in [-0.4, -0.2) is 29.3 Å². The molecule has 0 aliphatic carbocycles. The molecule has 0 fully saturated rings. The molecule has 1 heterocycles. The van der Waals surface area contributed by atoms with Gasteiger partial charge in [-0.1, -0.05) is 0 Å². The van der Waals surface area contributed by atoms with E-state index in [1.807, 2.05) is 25.3 Å². The third kappa shape index (κ3) is 3.98. The first-order valence-electron chi connectivity index (χ1n) is 6.15. The molecule has 1 aromatic heterocycles. The lowest BCUT2D eigenvalue weighted by Crippen LogP contribution is -2.32. The minimum atomic E-state index is -0.0333. The second-order valence-electron chi connectivity index (χ2n) is 4.59. The Labute approximate surface area is 103 Å². The maximum atomic E-state index is 8.90. The fourth-order valence-electron chi connectivity index (χ4n) is 1.76. The van der Waals surface area contributed by atoms with Gasteiger partial charge in [-0.25, -0.2) is 0 Å². The number of hydrogen-bond donors (Lipinski definition) is 2. The van der Waals surface area contributed by atoms with Crippen molar-refractivity contribution in [3.05, 3.63) is 24.0 Å². The van der Waals surface area contributed by atoms with E-state index in [0.29, 0.717) is 6.04 Å². The van der Waals surface area contributed by atoms with Crippen LogP contribution in [0.5, 0.6) is 0 Å². The molecule has 0 spiro atoms. The second-order valence-corrected chi connectivity index (χ2v) is 4.59. The molecule has 0 aromatic carbocycles. The van der Waals surface area contributed by atoms with E-state index in [2.05, 4.69) is 23.7 Å². The van der Waals surface area contributed by atoms with Gasteiger partial charge in [-0.2, -0.15) is 0 Å². The minimum absolute atomic E-state index is 0.0333. The van der Waals surface area contributed by atoms with Crippen molar-refractivity contribution in [1.29, 1.82) is 0 Å². The number of nitrogens with zero attached hydrogens (tertiary/aromatic N) is 2. The highest BCUT2D eigenvalue weighted by Crippen LogP contribution is 2.18. The number of aliphatic hydroxyl groups excluding tert-OH is 1. The molecule has 3 N–H and O–H groups in total. The van der Waals surface area contributed by atoms with Crippen molar-refractivity contribution in [3.8, 4) is 0 Å². The molecule has 0 amide bonds. The molecule has 0 aliphatic heterocycles. The van der Waals surface area contributed by atoms with E-state index in [-0.39, 0.29) is 12.6 Å². The maximum absolute atomic E-state index is 8.90. The first kappa shape index (κ1) is 13.9. The third-order valence-corrected chi connectivity index (χ3v) is 2.75. The third-order valence-electron chi connectivity index (χ3n) is 2.75. The van der Waals surface area contributed by atoms with E-state index < -0.39 is 0 Å². The second kappa shape index (κ2) is 6.57. The molecular formula is C13H23N3O. The number of anilines is 1. The SMILES string of the molecule is CC(C)N(CCCO)c1ccc([C@@H](C)N)nc1.